The molecule has 1 heterocycles. The second-order valence-electron chi connectivity index (χ2n) is 4.37. The number of aromatic nitrogens is 2. The lowest BCUT2D eigenvalue weighted by Gasteiger charge is -2.35. The molecule has 1 aromatic rings. The first-order valence-electron chi connectivity index (χ1n) is 5.76. The number of aryl methyl sites for hydroxylation is 1. The van der Waals surface area contributed by atoms with E-state index in [0.717, 1.165) is 18.7 Å². The van der Waals surface area contributed by atoms with Gasteiger partial charge in [0.05, 0.1) is 5.60 Å². The summed E-state index contributed by atoms with van der Waals surface area (Å²) in [5.74, 6) is 1.08. The molecule has 0 aliphatic rings. The summed E-state index contributed by atoms with van der Waals surface area (Å²) in [4.78, 5) is 4.35. The molecule has 0 aliphatic carbocycles. The van der Waals surface area contributed by atoms with E-state index in [1.54, 1.807) is 7.11 Å². The van der Waals surface area contributed by atoms with E-state index in [2.05, 4.69) is 28.7 Å². The number of rotatable bonds is 6. The fourth-order valence-electron chi connectivity index (χ4n) is 1.93. The summed E-state index contributed by atoms with van der Waals surface area (Å²) in [6.07, 6.45) is 5.65. The van der Waals surface area contributed by atoms with Crippen LogP contribution in [-0.4, -0.2) is 35.4 Å². The van der Waals surface area contributed by atoms with E-state index >= 15 is 0 Å². The first kappa shape index (κ1) is 13.2. The largest absolute Gasteiger partial charge is 0.377 e. The maximum atomic E-state index is 5.63. The van der Waals surface area contributed by atoms with E-state index in [-0.39, 0.29) is 11.6 Å². The number of hydrogen-bond donors (Lipinski definition) is 1. The van der Waals surface area contributed by atoms with Gasteiger partial charge in [-0.15, -0.1) is 0 Å². The van der Waals surface area contributed by atoms with Crippen molar-refractivity contribution in [1.82, 2.24) is 14.9 Å². The summed E-state index contributed by atoms with van der Waals surface area (Å²) in [6, 6.07) is 0.267. The lowest BCUT2D eigenvalue weighted by Crippen LogP contribution is -2.50. The summed E-state index contributed by atoms with van der Waals surface area (Å²) in [6.45, 7) is 4.28. The van der Waals surface area contributed by atoms with Gasteiger partial charge in [-0.25, -0.2) is 4.98 Å². The van der Waals surface area contributed by atoms with Crippen LogP contribution in [0.5, 0.6) is 0 Å². The van der Waals surface area contributed by atoms with Crippen LogP contribution in [0.3, 0.4) is 0 Å². The molecule has 0 aromatic carbocycles. The third-order valence-corrected chi connectivity index (χ3v) is 3.56. The molecule has 4 nitrogen and oxygen atoms in total. The van der Waals surface area contributed by atoms with Gasteiger partial charge in [-0.2, -0.15) is 0 Å². The Morgan fingerprint density at radius 1 is 1.62 bits per heavy atom. The van der Waals surface area contributed by atoms with Crippen molar-refractivity contribution >= 4 is 0 Å². The van der Waals surface area contributed by atoms with Crippen LogP contribution in [0.1, 0.15) is 26.1 Å². The molecule has 0 radical (unpaired) electrons. The van der Waals surface area contributed by atoms with Crippen LogP contribution < -0.4 is 5.32 Å². The van der Waals surface area contributed by atoms with Crippen molar-refractivity contribution in [2.45, 2.75) is 38.3 Å². The zero-order valence-corrected chi connectivity index (χ0v) is 10.9. The predicted octanol–water partition coefficient (Wildman–Crippen LogP) is 1.37. The number of imidazole rings is 1. The summed E-state index contributed by atoms with van der Waals surface area (Å²) in [7, 11) is 5.76. The van der Waals surface area contributed by atoms with Gasteiger partial charge in [-0.1, -0.05) is 6.92 Å². The maximum absolute atomic E-state index is 5.63. The van der Waals surface area contributed by atoms with Crippen molar-refractivity contribution in [3.05, 3.63) is 18.2 Å². The number of likely N-dealkylation sites (N-methyl/N-ethyl adjacent to an activating group) is 1. The van der Waals surface area contributed by atoms with Crippen LogP contribution in [0.15, 0.2) is 12.4 Å². The standard InChI is InChI=1S/C12H23N3O/c1-6-12(2,16-5)10(13-3)9-11-14-7-8-15(11)4/h7-8,10,13H,6,9H2,1-5H3. The summed E-state index contributed by atoms with van der Waals surface area (Å²) in [5, 5.41) is 3.33. The third-order valence-electron chi connectivity index (χ3n) is 3.56. The van der Waals surface area contributed by atoms with Crippen molar-refractivity contribution in [2.24, 2.45) is 7.05 Å². The SMILES string of the molecule is CCC(C)(OC)C(Cc1nccn1C)NC. The van der Waals surface area contributed by atoms with Crippen LogP contribution >= 0.6 is 0 Å². The number of methoxy groups -OCH3 is 1. The fourth-order valence-corrected chi connectivity index (χ4v) is 1.93. The van der Waals surface area contributed by atoms with Crippen molar-refractivity contribution in [3.63, 3.8) is 0 Å². The van der Waals surface area contributed by atoms with Gasteiger partial charge in [0.1, 0.15) is 5.82 Å². The average molecular weight is 225 g/mol. The second kappa shape index (κ2) is 5.46. The summed E-state index contributed by atoms with van der Waals surface area (Å²) < 4.78 is 7.68. The number of ether oxygens (including phenoxy) is 1. The van der Waals surface area contributed by atoms with E-state index in [1.807, 2.05) is 26.5 Å². The van der Waals surface area contributed by atoms with Crippen molar-refractivity contribution < 1.29 is 4.74 Å². The lowest BCUT2D eigenvalue weighted by molar-refractivity contribution is -0.0274. The van der Waals surface area contributed by atoms with Gasteiger partial charge in [-0.3, -0.25) is 0 Å². The van der Waals surface area contributed by atoms with Crippen LogP contribution in [0, 0.1) is 0 Å². The van der Waals surface area contributed by atoms with E-state index in [4.69, 9.17) is 4.74 Å². The molecule has 4 heteroatoms. The van der Waals surface area contributed by atoms with Crippen molar-refractivity contribution in [2.75, 3.05) is 14.2 Å². The van der Waals surface area contributed by atoms with Gasteiger partial charge >= 0.3 is 0 Å². The van der Waals surface area contributed by atoms with E-state index < -0.39 is 0 Å². The van der Waals surface area contributed by atoms with Crippen LogP contribution in [0.25, 0.3) is 0 Å². The number of nitrogens with one attached hydrogen (secondary N) is 1. The Hall–Kier alpha value is -0.870. The third kappa shape index (κ3) is 2.62. The van der Waals surface area contributed by atoms with Gasteiger partial charge in [0.25, 0.3) is 0 Å². The highest BCUT2D eigenvalue weighted by Gasteiger charge is 2.32. The minimum atomic E-state index is -0.152. The highest BCUT2D eigenvalue weighted by molar-refractivity contribution is 4.99. The maximum Gasteiger partial charge on any atom is 0.110 e. The monoisotopic (exact) mass is 225 g/mol. The quantitative estimate of drug-likeness (QED) is 0.794. The Morgan fingerprint density at radius 3 is 2.69 bits per heavy atom. The molecule has 1 aromatic heterocycles. The van der Waals surface area contributed by atoms with Crippen LogP contribution in [0.2, 0.25) is 0 Å². The van der Waals surface area contributed by atoms with Gasteiger partial charge in [0.15, 0.2) is 0 Å². The zero-order chi connectivity index (χ0) is 12.2. The first-order chi connectivity index (χ1) is 7.57. The molecule has 0 amide bonds. The van der Waals surface area contributed by atoms with E-state index in [9.17, 15) is 0 Å². The Bertz CT molecular complexity index is 318. The van der Waals surface area contributed by atoms with Gasteiger partial charge in [-0.05, 0) is 20.4 Å². The Morgan fingerprint density at radius 2 is 2.31 bits per heavy atom. The van der Waals surface area contributed by atoms with Crippen molar-refractivity contribution in [1.29, 1.82) is 0 Å². The predicted molar refractivity (Wildman–Crippen MR) is 65.5 cm³/mol. The Balaban J connectivity index is 2.80. The molecular formula is C12H23N3O. The summed E-state index contributed by atoms with van der Waals surface area (Å²) in [5.41, 5.74) is -0.152. The molecule has 0 fully saturated rings. The normalized spacial score (nSPS) is 17.1. The molecule has 16 heavy (non-hydrogen) atoms. The Labute approximate surface area is 98.0 Å². The van der Waals surface area contributed by atoms with Gasteiger partial charge in [0.2, 0.25) is 0 Å². The average Bonchev–Trinajstić information content (AvgIpc) is 2.70. The molecule has 1 rings (SSSR count). The van der Waals surface area contributed by atoms with Gasteiger partial charge < -0.3 is 14.6 Å². The molecule has 0 aliphatic heterocycles. The number of hydrogen-bond acceptors (Lipinski definition) is 3. The highest BCUT2D eigenvalue weighted by atomic mass is 16.5. The smallest absolute Gasteiger partial charge is 0.110 e. The van der Waals surface area contributed by atoms with Gasteiger partial charge in [0, 0.05) is 39.0 Å². The molecule has 2 unspecified atom stereocenters. The number of nitrogens with zero attached hydrogens (tertiary/aromatic N) is 2. The molecule has 0 saturated heterocycles. The fraction of sp³-hybridized carbons (Fsp3) is 0.750. The second-order valence-corrected chi connectivity index (χ2v) is 4.37. The molecule has 0 spiro atoms. The molecular weight excluding hydrogens is 202 g/mol. The molecule has 1 N–H and O–H groups in total. The topological polar surface area (TPSA) is 39.1 Å². The van der Waals surface area contributed by atoms with Crippen LogP contribution in [-0.2, 0) is 18.2 Å². The minimum Gasteiger partial charge on any atom is -0.377 e. The van der Waals surface area contributed by atoms with E-state index in [0.29, 0.717) is 0 Å². The molecule has 92 valence electrons. The molecule has 2 atom stereocenters. The van der Waals surface area contributed by atoms with Crippen molar-refractivity contribution in [3.8, 4) is 0 Å². The first-order valence-corrected chi connectivity index (χ1v) is 5.76. The Kier molecular flexibility index (Phi) is 4.50. The lowest BCUT2D eigenvalue weighted by atomic mass is 9.90. The zero-order valence-electron chi connectivity index (χ0n) is 10.9. The molecule has 0 bridgehead atoms. The summed E-state index contributed by atoms with van der Waals surface area (Å²) >= 11 is 0. The van der Waals surface area contributed by atoms with E-state index in [1.165, 1.54) is 0 Å². The van der Waals surface area contributed by atoms with Crippen LogP contribution in [0.4, 0.5) is 0 Å². The minimum absolute atomic E-state index is 0.152. The highest BCUT2D eigenvalue weighted by Crippen LogP contribution is 2.21. The molecule has 0 saturated carbocycles.